The number of piperidine rings is 1. The van der Waals surface area contributed by atoms with Crippen molar-refractivity contribution >= 4 is 17.2 Å². The highest BCUT2D eigenvalue weighted by Crippen LogP contribution is 2.35. The molecule has 0 atom stereocenters. The number of carbonyl (C=O) groups is 1. The number of anilines is 1. The first-order valence-corrected chi connectivity index (χ1v) is 17.6. The van der Waals surface area contributed by atoms with Crippen molar-refractivity contribution in [3.63, 3.8) is 0 Å². The van der Waals surface area contributed by atoms with Gasteiger partial charge in [-0.15, -0.1) is 0 Å². The number of benzene rings is 1. The molecular weight excluding hydrogens is 637 g/mol. The second-order valence-electron chi connectivity index (χ2n) is 13.2. The van der Waals surface area contributed by atoms with Crippen LogP contribution >= 0.6 is 0 Å². The molecule has 1 aromatic carbocycles. The lowest BCUT2D eigenvalue weighted by Crippen LogP contribution is -2.43. The first kappa shape index (κ1) is 32.6. The van der Waals surface area contributed by atoms with Crippen molar-refractivity contribution in [3.05, 3.63) is 84.3 Å². The average Bonchev–Trinajstić information content (AvgIpc) is 3.79. The van der Waals surface area contributed by atoms with E-state index in [0.29, 0.717) is 30.1 Å². The van der Waals surface area contributed by atoms with Gasteiger partial charge in [-0.3, -0.25) is 9.69 Å². The van der Waals surface area contributed by atoms with Crippen molar-refractivity contribution in [2.45, 2.75) is 25.3 Å². The number of likely N-dealkylation sites (tertiary alicyclic amines) is 1. The van der Waals surface area contributed by atoms with Crippen LogP contribution in [0.2, 0.25) is 0 Å². The SMILES string of the molecule is O=C(Cc1cn2nc(-c3c(-c4ccc(F)cc4)ncn3C3CCN(CCN4CCOCC4)CC3)ccc2n1)c1ccnc(N2CCOCC2)c1. The number of imidazole rings is 2. The monoisotopic (exact) mass is 679 g/mol. The maximum Gasteiger partial charge on any atom is 0.169 e. The molecule has 0 amide bonds. The smallest absolute Gasteiger partial charge is 0.169 e. The molecule has 12 nitrogen and oxygen atoms in total. The van der Waals surface area contributed by atoms with Gasteiger partial charge in [-0.2, -0.15) is 5.10 Å². The highest BCUT2D eigenvalue weighted by atomic mass is 19.1. The van der Waals surface area contributed by atoms with Gasteiger partial charge in [0.15, 0.2) is 11.4 Å². The van der Waals surface area contributed by atoms with Crippen LogP contribution in [0.5, 0.6) is 0 Å². The Morgan fingerprint density at radius 3 is 2.32 bits per heavy atom. The molecule has 3 fully saturated rings. The number of morpholine rings is 2. The van der Waals surface area contributed by atoms with E-state index in [0.717, 1.165) is 107 Å². The van der Waals surface area contributed by atoms with Gasteiger partial charge < -0.3 is 23.8 Å². The fourth-order valence-corrected chi connectivity index (χ4v) is 7.21. The van der Waals surface area contributed by atoms with Gasteiger partial charge in [0.2, 0.25) is 0 Å². The van der Waals surface area contributed by atoms with Crippen molar-refractivity contribution in [3.8, 4) is 22.6 Å². The number of hydrogen-bond donors (Lipinski definition) is 0. The lowest BCUT2D eigenvalue weighted by molar-refractivity contribution is 0.0316. The first-order valence-electron chi connectivity index (χ1n) is 17.6. The molecule has 3 aliphatic heterocycles. The Balaban J connectivity index is 1.02. The Morgan fingerprint density at radius 2 is 1.56 bits per heavy atom. The van der Waals surface area contributed by atoms with E-state index in [-0.39, 0.29) is 24.1 Å². The van der Waals surface area contributed by atoms with Crippen LogP contribution in [-0.2, 0) is 15.9 Å². The zero-order valence-electron chi connectivity index (χ0n) is 28.2. The maximum absolute atomic E-state index is 13.9. The molecule has 3 aliphatic rings. The second kappa shape index (κ2) is 14.7. The van der Waals surface area contributed by atoms with Gasteiger partial charge >= 0.3 is 0 Å². The Labute approximate surface area is 290 Å². The van der Waals surface area contributed by atoms with Crippen molar-refractivity contribution in [2.24, 2.45) is 0 Å². The fourth-order valence-electron chi connectivity index (χ4n) is 7.21. The minimum absolute atomic E-state index is 0.0292. The van der Waals surface area contributed by atoms with Crippen LogP contribution in [0.1, 0.15) is 34.9 Å². The van der Waals surface area contributed by atoms with Crippen molar-refractivity contribution in [2.75, 3.05) is 83.7 Å². The normalized spacial score (nSPS) is 18.2. The number of fused-ring (bicyclic) bond motifs is 1. The molecule has 0 spiro atoms. The average molecular weight is 680 g/mol. The number of ketones is 1. The Hall–Kier alpha value is -4.56. The van der Waals surface area contributed by atoms with Gasteiger partial charge in [-0.1, -0.05) is 0 Å². The van der Waals surface area contributed by atoms with Gasteiger partial charge in [0.05, 0.1) is 62.5 Å². The number of ether oxygens (including phenoxy) is 2. The molecule has 0 saturated carbocycles. The number of rotatable bonds is 10. The molecule has 0 unspecified atom stereocenters. The summed E-state index contributed by atoms with van der Waals surface area (Å²) in [5, 5.41) is 5.00. The number of carbonyl (C=O) groups excluding carboxylic acids is 1. The predicted octanol–water partition coefficient (Wildman–Crippen LogP) is 4.03. The van der Waals surface area contributed by atoms with Gasteiger partial charge in [-0.05, 0) is 61.4 Å². The van der Waals surface area contributed by atoms with E-state index < -0.39 is 0 Å². The van der Waals surface area contributed by atoms with Crippen LogP contribution in [0.15, 0.2) is 67.3 Å². The van der Waals surface area contributed by atoms with E-state index in [1.54, 1.807) is 28.9 Å². The fraction of sp³-hybridized carbons (Fsp3) is 0.432. The minimum Gasteiger partial charge on any atom is -0.379 e. The molecule has 7 heterocycles. The molecule has 0 radical (unpaired) electrons. The Bertz CT molecular complexity index is 1920. The lowest BCUT2D eigenvalue weighted by Gasteiger charge is -2.35. The van der Waals surface area contributed by atoms with Crippen molar-refractivity contribution < 1.29 is 18.7 Å². The maximum atomic E-state index is 13.9. The molecule has 5 aromatic rings. The number of hydrogen-bond acceptors (Lipinski definition) is 10. The minimum atomic E-state index is -0.289. The van der Waals surface area contributed by atoms with Crippen molar-refractivity contribution in [1.82, 2.24) is 38.9 Å². The largest absolute Gasteiger partial charge is 0.379 e. The van der Waals surface area contributed by atoms with Gasteiger partial charge in [-0.25, -0.2) is 23.9 Å². The summed E-state index contributed by atoms with van der Waals surface area (Å²) in [5.74, 6) is 0.467. The number of Topliss-reactive ketones (excluding diaryl/α,β-unsaturated/α-hetero) is 1. The molecule has 8 rings (SSSR count). The molecule has 0 bridgehead atoms. The molecule has 50 heavy (non-hydrogen) atoms. The standard InChI is InChI=1S/C37H42FN9O3/c38-29-3-1-27(2-4-29)36-37(46(26-40-36)31-8-11-43(12-9-31)13-14-44-15-19-49-20-16-44)32-5-6-34-41-30(25-47(34)42-32)24-33(48)28-7-10-39-35(23-28)45-17-21-50-22-18-45/h1-7,10,23,25-26,31H,8-9,11-22,24H2. The van der Waals surface area contributed by atoms with Crippen LogP contribution in [0.3, 0.4) is 0 Å². The van der Waals surface area contributed by atoms with E-state index >= 15 is 0 Å². The molecule has 260 valence electrons. The zero-order chi connectivity index (χ0) is 33.9. The summed E-state index contributed by atoms with van der Waals surface area (Å²) in [6, 6.07) is 14.2. The summed E-state index contributed by atoms with van der Waals surface area (Å²) in [4.78, 5) is 34.6. The molecule has 13 heteroatoms. The van der Waals surface area contributed by atoms with E-state index in [1.807, 2.05) is 30.7 Å². The van der Waals surface area contributed by atoms with Crippen LogP contribution in [0.25, 0.3) is 28.3 Å². The lowest BCUT2D eigenvalue weighted by atomic mass is 10.0. The summed E-state index contributed by atoms with van der Waals surface area (Å²) >= 11 is 0. The highest BCUT2D eigenvalue weighted by molar-refractivity contribution is 5.98. The Kier molecular flexibility index (Phi) is 9.62. The van der Waals surface area contributed by atoms with Gasteiger partial charge in [0, 0.05) is 75.7 Å². The molecule has 0 aliphatic carbocycles. The summed E-state index contributed by atoms with van der Waals surface area (Å²) in [6.45, 7) is 10.6. The van der Waals surface area contributed by atoms with E-state index in [9.17, 15) is 9.18 Å². The van der Waals surface area contributed by atoms with Gasteiger partial charge in [0.25, 0.3) is 0 Å². The summed E-state index contributed by atoms with van der Waals surface area (Å²) in [5.41, 5.74) is 5.12. The third-order valence-corrected chi connectivity index (χ3v) is 10.1. The first-order chi connectivity index (χ1) is 24.6. The van der Waals surface area contributed by atoms with Crippen LogP contribution in [0, 0.1) is 5.82 Å². The van der Waals surface area contributed by atoms with Crippen LogP contribution in [-0.4, -0.2) is 124 Å². The van der Waals surface area contributed by atoms with Gasteiger partial charge in [0.1, 0.15) is 17.3 Å². The number of nitrogens with zero attached hydrogens (tertiary/aromatic N) is 9. The highest BCUT2D eigenvalue weighted by Gasteiger charge is 2.27. The third-order valence-electron chi connectivity index (χ3n) is 10.1. The number of pyridine rings is 1. The summed E-state index contributed by atoms with van der Waals surface area (Å²) < 4.78 is 28.9. The molecule has 4 aromatic heterocycles. The third kappa shape index (κ3) is 7.17. The van der Waals surface area contributed by atoms with E-state index in [2.05, 4.69) is 24.3 Å². The van der Waals surface area contributed by atoms with E-state index in [1.165, 1.54) is 12.1 Å². The molecule has 0 N–H and O–H groups in total. The number of aromatic nitrogens is 6. The van der Waals surface area contributed by atoms with Crippen LogP contribution < -0.4 is 4.90 Å². The van der Waals surface area contributed by atoms with Crippen LogP contribution in [0.4, 0.5) is 10.2 Å². The predicted molar refractivity (Wildman–Crippen MR) is 187 cm³/mol. The number of halogens is 1. The topological polar surface area (TPSA) is 106 Å². The van der Waals surface area contributed by atoms with E-state index in [4.69, 9.17) is 24.5 Å². The molecule has 3 saturated heterocycles. The summed E-state index contributed by atoms with van der Waals surface area (Å²) in [7, 11) is 0. The zero-order valence-corrected chi connectivity index (χ0v) is 28.2. The molecular formula is C37H42FN9O3. The Morgan fingerprint density at radius 1 is 0.840 bits per heavy atom. The second-order valence-corrected chi connectivity index (χ2v) is 13.2. The van der Waals surface area contributed by atoms with Crippen molar-refractivity contribution in [1.29, 1.82) is 0 Å². The quantitative estimate of drug-likeness (QED) is 0.201. The summed E-state index contributed by atoms with van der Waals surface area (Å²) in [6.07, 6.45) is 7.56.